The van der Waals surface area contributed by atoms with Gasteiger partial charge in [-0.25, -0.2) is 0 Å². The van der Waals surface area contributed by atoms with E-state index in [0.717, 1.165) is 13.2 Å². The molecule has 2 aliphatic rings. The second kappa shape index (κ2) is 4.04. The van der Waals surface area contributed by atoms with Crippen LogP contribution >= 0.6 is 0 Å². The van der Waals surface area contributed by atoms with Gasteiger partial charge in [-0.05, 0) is 27.7 Å². The van der Waals surface area contributed by atoms with E-state index in [2.05, 4.69) is 37.5 Å². The molecule has 0 radical (unpaired) electrons. The fourth-order valence-corrected chi connectivity index (χ4v) is 2.75. The fraction of sp³-hybridized carbons (Fsp3) is 1.00. The van der Waals surface area contributed by atoms with E-state index >= 15 is 0 Å². The second-order valence-corrected chi connectivity index (χ2v) is 5.90. The second-order valence-electron chi connectivity index (χ2n) is 5.90. The average molecular weight is 212 g/mol. The van der Waals surface area contributed by atoms with E-state index in [4.69, 9.17) is 4.74 Å². The number of hydrogen-bond acceptors (Lipinski definition) is 3. The van der Waals surface area contributed by atoms with Crippen LogP contribution < -0.4 is 0 Å². The summed E-state index contributed by atoms with van der Waals surface area (Å²) in [7, 11) is 0. The van der Waals surface area contributed by atoms with Crippen molar-refractivity contribution in [2.75, 3.05) is 32.8 Å². The average Bonchev–Trinajstić information content (AvgIpc) is 1.97. The highest BCUT2D eigenvalue weighted by Gasteiger charge is 2.35. The fourth-order valence-electron chi connectivity index (χ4n) is 2.75. The third kappa shape index (κ3) is 2.35. The van der Waals surface area contributed by atoms with E-state index in [9.17, 15) is 0 Å². The van der Waals surface area contributed by atoms with Crippen molar-refractivity contribution in [1.29, 1.82) is 0 Å². The van der Waals surface area contributed by atoms with Crippen LogP contribution in [0, 0.1) is 0 Å². The summed E-state index contributed by atoms with van der Waals surface area (Å²) < 4.78 is 5.26. The van der Waals surface area contributed by atoms with Crippen molar-refractivity contribution >= 4 is 0 Å². The predicted molar refractivity (Wildman–Crippen MR) is 62.1 cm³/mol. The minimum atomic E-state index is 0.307. The molecule has 2 fully saturated rings. The van der Waals surface area contributed by atoms with E-state index in [1.54, 1.807) is 0 Å². The molecule has 0 amide bonds. The Morgan fingerprint density at radius 3 is 2.20 bits per heavy atom. The maximum Gasteiger partial charge on any atom is 0.0645 e. The van der Waals surface area contributed by atoms with Crippen molar-refractivity contribution in [3.63, 3.8) is 0 Å². The van der Waals surface area contributed by atoms with Crippen molar-refractivity contribution in [3.8, 4) is 0 Å². The molecule has 0 spiro atoms. The zero-order chi connectivity index (χ0) is 11.1. The van der Waals surface area contributed by atoms with Crippen molar-refractivity contribution in [2.45, 2.75) is 45.3 Å². The van der Waals surface area contributed by atoms with Gasteiger partial charge in [-0.2, -0.15) is 0 Å². The molecule has 2 heterocycles. The molecule has 0 unspecified atom stereocenters. The molecule has 88 valence electrons. The summed E-state index contributed by atoms with van der Waals surface area (Å²) in [6.45, 7) is 14.8. The Morgan fingerprint density at radius 1 is 1.13 bits per heavy atom. The van der Waals surface area contributed by atoms with Crippen LogP contribution in [0.1, 0.15) is 27.7 Å². The summed E-state index contributed by atoms with van der Waals surface area (Å²) in [6, 6.07) is 1.37. The van der Waals surface area contributed by atoms with Gasteiger partial charge in [0.2, 0.25) is 0 Å². The maximum atomic E-state index is 5.26. The zero-order valence-corrected chi connectivity index (χ0v) is 10.5. The van der Waals surface area contributed by atoms with Gasteiger partial charge < -0.3 is 4.74 Å². The highest BCUT2D eigenvalue weighted by atomic mass is 16.5. The van der Waals surface area contributed by atoms with Crippen molar-refractivity contribution in [1.82, 2.24) is 9.80 Å². The zero-order valence-electron chi connectivity index (χ0n) is 10.5. The Kier molecular flexibility index (Phi) is 3.06. The van der Waals surface area contributed by atoms with Crippen LogP contribution in [-0.4, -0.2) is 60.3 Å². The molecule has 2 saturated heterocycles. The third-order valence-corrected chi connectivity index (χ3v) is 3.66. The first-order chi connectivity index (χ1) is 6.98. The summed E-state index contributed by atoms with van der Waals surface area (Å²) in [5.41, 5.74) is 0.307. The normalized spacial score (nSPS) is 31.6. The maximum absolute atomic E-state index is 5.26. The number of ether oxygens (including phenoxy) is 1. The van der Waals surface area contributed by atoms with E-state index in [1.807, 2.05) is 0 Å². The van der Waals surface area contributed by atoms with Crippen molar-refractivity contribution in [2.24, 2.45) is 0 Å². The molecule has 3 heteroatoms. The van der Waals surface area contributed by atoms with Crippen LogP contribution in [0.4, 0.5) is 0 Å². The summed E-state index contributed by atoms with van der Waals surface area (Å²) in [4.78, 5) is 5.21. The van der Waals surface area contributed by atoms with Crippen LogP contribution in [0.5, 0.6) is 0 Å². The molecule has 0 aromatic rings. The Hall–Kier alpha value is -0.120. The smallest absolute Gasteiger partial charge is 0.0645 e. The summed E-state index contributed by atoms with van der Waals surface area (Å²) in [5, 5.41) is 0. The number of rotatable bonds is 1. The van der Waals surface area contributed by atoms with Gasteiger partial charge in [0.25, 0.3) is 0 Å². The van der Waals surface area contributed by atoms with Crippen molar-refractivity contribution in [3.05, 3.63) is 0 Å². The molecule has 0 bridgehead atoms. The molecular formula is C12H24N2O. The lowest BCUT2D eigenvalue weighted by Gasteiger charge is -2.50. The van der Waals surface area contributed by atoms with E-state index in [1.165, 1.54) is 19.6 Å². The summed E-state index contributed by atoms with van der Waals surface area (Å²) in [5.74, 6) is 0. The molecule has 2 aliphatic heterocycles. The van der Waals surface area contributed by atoms with Crippen LogP contribution in [-0.2, 0) is 4.74 Å². The van der Waals surface area contributed by atoms with Gasteiger partial charge in [-0.1, -0.05) is 0 Å². The van der Waals surface area contributed by atoms with Gasteiger partial charge in [0.15, 0.2) is 0 Å². The standard InChI is InChI=1S/C12H24N2O/c1-10-7-13(11-8-15-9-11)5-6-14(10)12(2,3)4/h10-11H,5-9H2,1-4H3/t10-/m1/s1. The SMILES string of the molecule is C[C@@H]1CN(C2COC2)CCN1C(C)(C)C. The molecular weight excluding hydrogens is 188 g/mol. The largest absolute Gasteiger partial charge is 0.378 e. The molecule has 0 saturated carbocycles. The molecule has 0 aromatic heterocycles. The minimum absolute atomic E-state index is 0.307. The van der Waals surface area contributed by atoms with Gasteiger partial charge in [0.1, 0.15) is 0 Å². The Morgan fingerprint density at radius 2 is 1.80 bits per heavy atom. The lowest BCUT2D eigenvalue weighted by atomic mass is 10.00. The van der Waals surface area contributed by atoms with E-state index in [-0.39, 0.29) is 0 Å². The summed E-state index contributed by atoms with van der Waals surface area (Å²) in [6.07, 6.45) is 0. The van der Waals surface area contributed by atoms with Crippen LogP contribution in [0.2, 0.25) is 0 Å². The lowest BCUT2D eigenvalue weighted by molar-refractivity contribution is -0.0939. The molecule has 15 heavy (non-hydrogen) atoms. The highest BCUT2D eigenvalue weighted by molar-refractivity contribution is 4.90. The number of hydrogen-bond donors (Lipinski definition) is 0. The minimum Gasteiger partial charge on any atom is -0.378 e. The predicted octanol–water partition coefficient (Wildman–Crippen LogP) is 1.19. The van der Waals surface area contributed by atoms with Gasteiger partial charge in [-0.3, -0.25) is 9.80 Å². The Labute approximate surface area is 93.4 Å². The van der Waals surface area contributed by atoms with E-state index in [0.29, 0.717) is 17.6 Å². The van der Waals surface area contributed by atoms with Crippen LogP contribution in [0.25, 0.3) is 0 Å². The third-order valence-electron chi connectivity index (χ3n) is 3.66. The molecule has 0 aromatic carbocycles. The van der Waals surface area contributed by atoms with Crippen LogP contribution in [0.15, 0.2) is 0 Å². The quantitative estimate of drug-likeness (QED) is 0.649. The molecule has 0 N–H and O–H groups in total. The molecule has 2 rings (SSSR count). The first kappa shape index (κ1) is 11.4. The van der Waals surface area contributed by atoms with E-state index < -0.39 is 0 Å². The Balaban J connectivity index is 1.90. The molecule has 1 atom stereocenters. The van der Waals surface area contributed by atoms with Gasteiger partial charge >= 0.3 is 0 Å². The van der Waals surface area contributed by atoms with Gasteiger partial charge in [0.05, 0.1) is 19.3 Å². The van der Waals surface area contributed by atoms with Crippen LogP contribution in [0.3, 0.4) is 0 Å². The number of nitrogens with zero attached hydrogens (tertiary/aromatic N) is 2. The first-order valence-corrected chi connectivity index (χ1v) is 6.07. The molecule has 3 nitrogen and oxygen atoms in total. The van der Waals surface area contributed by atoms with Gasteiger partial charge in [-0.15, -0.1) is 0 Å². The first-order valence-electron chi connectivity index (χ1n) is 6.07. The monoisotopic (exact) mass is 212 g/mol. The highest BCUT2D eigenvalue weighted by Crippen LogP contribution is 2.23. The lowest BCUT2D eigenvalue weighted by Crippen LogP contribution is -2.62. The Bertz CT molecular complexity index is 220. The number of piperazine rings is 1. The molecule has 0 aliphatic carbocycles. The van der Waals surface area contributed by atoms with Gasteiger partial charge in [0, 0.05) is 31.2 Å². The topological polar surface area (TPSA) is 15.7 Å². The van der Waals surface area contributed by atoms with Crippen molar-refractivity contribution < 1.29 is 4.74 Å². The summed E-state index contributed by atoms with van der Waals surface area (Å²) >= 11 is 0.